The van der Waals surface area contributed by atoms with E-state index in [0.29, 0.717) is 5.92 Å². The minimum absolute atomic E-state index is 0.182. The number of rotatable bonds is 8. The summed E-state index contributed by atoms with van der Waals surface area (Å²) in [5, 5.41) is 3.34. The average Bonchev–Trinajstić information content (AvgIpc) is 2.83. The van der Waals surface area contributed by atoms with E-state index in [1.54, 1.807) is 7.11 Å². The molecule has 0 amide bonds. The molecule has 1 N–H and O–H groups in total. The summed E-state index contributed by atoms with van der Waals surface area (Å²) >= 11 is 0. The monoisotopic (exact) mass is 286 g/mol. The van der Waals surface area contributed by atoms with Crippen molar-refractivity contribution in [2.24, 2.45) is 5.92 Å². The van der Waals surface area contributed by atoms with Gasteiger partial charge in [-0.05, 0) is 46.1 Å². The number of nitrogens with one attached hydrogen (secondary N) is 1. The van der Waals surface area contributed by atoms with Crippen molar-refractivity contribution in [2.75, 3.05) is 40.5 Å². The lowest BCUT2D eigenvalue weighted by Gasteiger charge is -2.31. The van der Waals surface area contributed by atoms with Crippen molar-refractivity contribution in [3.8, 4) is 0 Å². The molecule has 1 fully saturated rings. The second kappa shape index (κ2) is 7.96. The van der Waals surface area contributed by atoms with Crippen LogP contribution < -0.4 is 5.32 Å². The van der Waals surface area contributed by atoms with Crippen molar-refractivity contribution in [1.82, 2.24) is 10.2 Å². The number of carbonyl (C=O) groups is 1. The second-order valence-electron chi connectivity index (χ2n) is 6.28. The van der Waals surface area contributed by atoms with Crippen LogP contribution in [0, 0.1) is 5.92 Å². The van der Waals surface area contributed by atoms with E-state index in [-0.39, 0.29) is 12.0 Å². The fourth-order valence-electron chi connectivity index (χ4n) is 2.96. The van der Waals surface area contributed by atoms with Crippen LogP contribution in [0.1, 0.15) is 33.6 Å². The summed E-state index contributed by atoms with van der Waals surface area (Å²) in [5.41, 5.74) is -0.609. The number of hydrogen-bond acceptors (Lipinski definition) is 5. The van der Waals surface area contributed by atoms with Crippen LogP contribution in [0.3, 0.4) is 0 Å². The van der Waals surface area contributed by atoms with Crippen LogP contribution in [0.15, 0.2) is 0 Å². The van der Waals surface area contributed by atoms with E-state index in [1.807, 2.05) is 20.8 Å². The molecule has 118 valence electrons. The molecule has 1 rings (SSSR count). The number of nitrogens with zero attached hydrogens (tertiary/aromatic N) is 1. The third kappa shape index (κ3) is 5.04. The molecule has 1 aliphatic heterocycles. The first-order valence-corrected chi connectivity index (χ1v) is 7.48. The summed E-state index contributed by atoms with van der Waals surface area (Å²) in [6.45, 7) is 9.92. The Kier molecular flexibility index (Phi) is 6.92. The second-order valence-corrected chi connectivity index (χ2v) is 6.28. The Morgan fingerprint density at radius 3 is 2.70 bits per heavy atom. The maximum absolute atomic E-state index is 12.0. The largest absolute Gasteiger partial charge is 0.468 e. The first-order chi connectivity index (χ1) is 9.41. The summed E-state index contributed by atoms with van der Waals surface area (Å²) in [6, 6.07) is 0.249. The van der Waals surface area contributed by atoms with Gasteiger partial charge in [0.05, 0.1) is 13.7 Å². The molecule has 2 atom stereocenters. The maximum Gasteiger partial charge on any atom is 0.325 e. The number of methoxy groups -OCH3 is 2. The van der Waals surface area contributed by atoms with Crippen LogP contribution >= 0.6 is 0 Å². The number of carbonyl (C=O) groups excluding carboxylic acids is 1. The zero-order valence-electron chi connectivity index (χ0n) is 13.6. The van der Waals surface area contributed by atoms with Crippen LogP contribution in [0.5, 0.6) is 0 Å². The number of likely N-dealkylation sites (tertiary alicyclic amines) is 1. The number of esters is 1. The minimum Gasteiger partial charge on any atom is -0.468 e. The molecule has 0 aliphatic carbocycles. The first-order valence-electron chi connectivity index (χ1n) is 7.48. The van der Waals surface area contributed by atoms with E-state index >= 15 is 0 Å². The first kappa shape index (κ1) is 17.4. The lowest BCUT2D eigenvalue weighted by atomic mass is 9.96. The van der Waals surface area contributed by atoms with Crippen LogP contribution in [0.25, 0.3) is 0 Å². The summed E-state index contributed by atoms with van der Waals surface area (Å²) in [7, 11) is 3.20. The predicted molar refractivity (Wildman–Crippen MR) is 79.7 cm³/mol. The van der Waals surface area contributed by atoms with Gasteiger partial charge in [0.25, 0.3) is 0 Å². The van der Waals surface area contributed by atoms with E-state index in [2.05, 4.69) is 10.2 Å². The van der Waals surface area contributed by atoms with Gasteiger partial charge in [0.15, 0.2) is 0 Å². The smallest absolute Gasteiger partial charge is 0.325 e. The molecule has 1 aliphatic rings. The third-order valence-corrected chi connectivity index (χ3v) is 3.94. The highest BCUT2D eigenvalue weighted by atomic mass is 16.5. The molecule has 20 heavy (non-hydrogen) atoms. The summed E-state index contributed by atoms with van der Waals surface area (Å²) < 4.78 is 10.2. The summed E-state index contributed by atoms with van der Waals surface area (Å²) in [4.78, 5) is 14.4. The Balaban J connectivity index is 2.49. The highest BCUT2D eigenvalue weighted by molar-refractivity contribution is 5.80. The summed E-state index contributed by atoms with van der Waals surface area (Å²) in [6.07, 6.45) is 1.94. The van der Waals surface area contributed by atoms with Gasteiger partial charge in [-0.3, -0.25) is 10.1 Å². The lowest BCUT2D eigenvalue weighted by Crippen LogP contribution is -2.54. The van der Waals surface area contributed by atoms with Gasteiger partial charge in [0.1, 0.15) is 5.54 Å². The molecule has 5 heteroatoms. The molecule has 0 aromatic rings. The Hall–Kier alpha value is -0.650. The number of hydrogen-bond donors (Lipinski definition) is 1. The van der Waals surface area contributed by atoms with Crippen LogP contribution in [0.4, 0.5) is 0 Å². The van der Waals surface area contributed by atoms with Crippen LogP contribution in [-0.4, -0.2) is 62.9 Å². The van der Waals surface area contributed by atoms with Gasteiger partial charge in [-0.25, -0.2) is 0 Å². The summed E-state index contributed by atoms with van der Waals surface area (Å²) in [5.74, 6) is 0.446. The molecule has 0 radical (unpaired) electrons. The third-order valence-electron chi connectivity index (χ3n) is 3.94. The fourth-order valence-corrected chi connectivity index (χ4v) is 2.96. The zero-order valence-corrected chi connectivity index (χ0v) is 13.6. The van der Waals surface area contributed by atoms with Crippen molar-refractivity contribution in [2.45, 2.75) is 45.2 Å². The van der Waals surface area contributed by atoms with E-state index in [0.717, 1.165) is 32.7 Å². The normalized spacial score (nSPS) is 23.0. The molecular formula is C15H30N2O3. The molecule has 1 saturated heterocycles. The Morgan fingerprint density at radius 1 is 1.45 bits per heavy atom. The van der Waals surface area contributed by atoms with Gasteiger partial charge >= 0.3 is 5.97 Å². The number of ether oxygens (including phenoxy) is 2. The quantitative estimate of drug-likeness (QED) is 0.681. The van der Waals surface area contributed by atoms with Crippen molar-refractivity contribution in [3.05, 3.63) is 0 Å². The van der Waals surface area contributed by atoms with E-state index in [9.17, 15) is 4.79 Å². The topological polar surface area (TPSA) is 50.8 Å². The van der Waals surface area contributed by atoms with Gasteiger partial charge in [-0.1, -0.05) is 0 Å². The molecule has 0 spiro atoms. The molecular weight excluding hydrogens is 256 g/mol. The molecule has 0 aromatic heterocycles. The van der Waals surface area contributed by atoms with E-state index in [4.69, 9.17) is 9.47 Å². The molecule has 5 nitrogen and oxygen atoms in total. The van der Waals surface area contributed by atoms with Gasteiger partial charge in [0.2, 0.25) is 0 Å². The molecule has 1 heterocycles. The lowest BCUT2D eigenvalue weighted by molar-refractivity contribution is -0.148. The van der Waals surface area contributed by atoms with Gasteiger partial charge in [0, 0.05) is 26.2 Å². The van der Waals surface area contributed by atoms with Crippen molar-refractivity contribution in [3.63, 3.8) is 0 Å². The average molecular weight is 286 g/mol. The Bertz CT molecular complexity index is 309. The van der Waals surface area contributed by atoms with Crippen LogP contribution in [0.2, 0.25) is 0 Å². The van der Waals surface area contributed by atoms with Gasteiger partial charge < -0.3 is 14.4 Å². The Morgan fingerprint density at radius 2 is 2.15 bits per heavy atom. The van der Waals surface area contributed by atoms with Gasteiger partial charge in [-0.2, -0.15) is 0 Å². The molecule has 0 bridgehead atoms. The van der Waals surface area contributed by atoms with Crippen LogP contribution in [-0.2, 0) is 14.3 Å². The molecule has 0 aromatic carbocycles. The molecule has 2 unspecified atom stereocenters. The zero-order chi connectivity index (χ0) is 15.2. The standard InChI is InChI=1S/C15H30N2O3/c1-12(2)16-15(3,14(18)20-5)7-9-17-8-6-13(10-17)11-19-4/h12-13,16H,6-11H2,1-5H3. The predicted octanol–water partition coefficient (Wildman–Crippen LogP) is 1.27. The molecule has 0 saturated carbocycles. The van der Waals surface area contributed by atoms with Crippen molar-refractivity contribution < 1.29 is 14.3 Å². The van der Waals surface area contributed by atoms with Gasteiger partial charge in [-0.15, -0.1) is 0 Å². The highest BCUT2D eigenvalue weighted by Gasteiger charge is 2.35. The minimum atomic E-state index is -0.609. The van der Waals surface area contributed by atoms with E-state index < -0.39 is 5.54 Å². The highest BCUT2D eigenvalue weighted by Crippen LogP contribution is 2.20. The fraction of sp³-hybridized carbons (Fsp3) is 0.933. The van der Waals surface area contributed by atoms with E-state index in [1.165, 1.54) is 13.5 Å². The maximum atomic E-state index is 12.0. The van der Waals surface area contributed by atoms with Crippen molar-refractivity contribution in [1.29, 1.82) is 0 Å². The SMILES string of the molecule is COCC1CCN(CCC(C)(NC(C)C)C(=O)OC)C1. The van der Waals surface area contributed by atoms with Crippen molar-refractivity contribution >= 4 is 5.97 Å². The Labute approximate surface area is 123 Å².